The molecule has 0 heterocycles. The molecule has 0 saturated heterocycles. The van der Waals surface area contributed by atoms with Crippen LogP contribution in [0.2, 0.25) is 5.02 Å². The maximum Gasteiger partial charge on any atom is 0.273 e. The second-order valence-electron chi connectivity index (χ2n) is 3.50. The number of carbonyl (C=O) groups excluding carboxylic acids is 1. The number of nitrogens with zero attached hydrogens (tertiary/aromatic N) is 1. The lowest BCUT2D eigenvalue weighted by molar-refractivity contribution is -0.385. The molecule has 16 heavy (non-hydrogen) atoms. The van der Waals surface area contributed by atoms with Crippen LogP contribution in [-0.2, 0) is 11.2 Å². The molecule has 1 rings (SSSR count). The van der Waals surface area contributed by atoms with E-state index < -0.39 is 4.92 Å². The SMILES string of the molecule is CCC(=O)Cc1c([N+](=O)[O-])ccc(Cl)c1C. The van der Waals surface area contributed by atoms with Crippen LogP contribution in [0.3, 0.4) is 0 Å². The van der Waals surface area contributed by atoms with Crippen molar-refractivity contribution in [1.82, 2.24) is 0 Å². The van der Waals surface area contributed by atoms with E-state index in [9.17, 15) is 14.9 Å². The standard InChI is InChI=1S/C11H12ClNO3/c1-3-8(14)6-9-7(2)10(12)4-5-11(9)13(15)16/h4-5H,3,6H2,1-2H3. The smallest absolute Gasteiger partial charge is 0.273 e. The van der Waals surface area contributed by atoms with Crippen molar-refractivity contribution in [3.05, 3.63) is 38.4 Å². The van der Waals surface area contributed by atoms with E-state index in [4.69, 9.17) is 11.6 Å². The van der Waals surface area contributed by atoms with Crippen molar-refractivity contribution in [1.29, 1.82) is 0 Å². The summed E-state index contributed by atoms with van der Waals surface area (Å²) in [4.78, 5) is 21.7. The Kier molecular flexibility index (Phi) is 4.01. The minimum absolute atomic E-state index is 0.0338. The van der Waals surface area contributed by atoms with E-state index in [1.54, 1.807) is 13.8 Å². The van der Waals surface area contributed by atoms with Gasteiger partial charge < -0.3 is 0 Å². The first kappa shape index (κ1) is 12.6. The Morgan fingerprint density at radius 3 is 2.62 bits per heavy atom. The fourth-order valence-corrected chi connectivity index (χ4v) is 1.61. The van der Waals surface area contributed by atoms with Crippen molar-refractivity contribution < 1.29 is 9.72 Å². The van der Waals surface area contributed by atoms with E-state index in [-0.39, 0.29) is 17.9 Å². The van der Waals surface area contributed by atoms with Crippen molar-refractivity contribution in [2.45, 2.75) is 26.7 Å². The van der Waals surface area contributed by atoms with Gasteiger partial charge in [0.25, 0.3) is 5.69 Å². The second-order valence-corrected chi connectivity index (χ2v) is 3.90. The molecule has 1 aromatic carbocycles. The lowest BCUT2D eigenvalue weighted by Gasteiger charge is -2.07. The average Bonchev–Trinajstić information content (AvgIpc) is 2.24. The molecule has 0 aliphatic rings. The van der Waals surface area contributed by atoms with Crippen molar-refractivity contribution in [2.24, 2.45) is 0 Å². The first-order valence-corrected chi connectivity index (χ1v) is 5.29. The summed E-state index contributed by atoms with van der Waals surface area (Å²) in [6.07, 6.45) is 0.433. The molecule has 0 amide bonds. The normalized spacial score (nSPS) is 10.2. The molecule has 0 saturated carbocycles. The molecule has 0 N–H and O–H groups in total. The predicted molar refractivity (Wildman–Crippen MR) is 61.8 cm³/mol. The number of benzene rings is 1. The van der Waals surface area contributed by atoms with Gasteiger partial charge in [0.1, 0.15) is 5.78 Å². The number of hydrogen-bond acceptors (Lipinski definition) is 3. The number of carbonyl (C=O) groups is 1. The lowest BCUT2D eigenvalue weighted by Crippen LogP contribution is -2.06. The van der Waals surface area contributed by atoms with Crippen LogP contribution < -0.4 is 0 Å². The van der Waals surface area contributed by atoms with Gasteiger partial charge in [0, 0.05) is 29.5 Å². The van der Waals surface area contributed by atoms with E-state index in [2.05, 4.69) is 0 Å². The first-order chi connectivity index (χ1) is 7.47. The molecule has 0 spiro atoms. The highest BCUT2D eigenvalue weighted by Gasteiger charge is 2.19. The van der Waals surface area contributed by atoms with E-state index in [1.165, 1.54) is 12.1 Å². The van der Waals surface area contributed by atoms with Crippen molar-refractivity contribution in [3.63, 3.8) is 0 Å². The molecule has 0 bridgehead atoms. The van der Waals surface area contributed by atoms with Crippen LogP contribution in [0.1, 0.15) is 24.5 Å². The number of nitro benzene ring substituents is 1. The molecule has 0 aromatic heterocycles. The number of halogens is 1. The van der Waals surface area contributed by atoms with Gasteiger partial charge in [0.2, 0.25) is 0 Å². The lowest BCUT2D eigenvalue weighted by atomic mass is 10.0. The number of Topliss-reactive ketones (excluding diaryl/α,β-unsaturated/α-hetero) is 1. The summed E-state index contributed by atoms with van der Waals surface area (Å²) in [6.45, 7) is 3.42. The monoisotopic (exact) mass is 241 g/mol. The highest BCUT2D eigenvalue weighted by Crippen LogP contribution is 2.28. The zero-order chi connectivity index (χ0) is 12.3. The van der Waals surface area contributed by atoms with Gasteiger partial charge in [-0.1, -0.05) is 18.5 Å². The van der Waals surface area contributed by atoms with Crippen LogP contribution in [0, 0.1) is 17.0 Å². The van der Waals surface area contributed by atoms with Crippen molar-refractivity contribution in [3.8, 4) is 0 Å². The second kappa shape index (κ2) is 5.07. The Labute approximate surface area is 98.4 Å². The third kappa shape index (κ3) is 2.58. The van der Waals surface area contributed by atoms with Crippen LogP contribution >= 0.6 is 11.6 Å². The molecule has 5 heteroatoms. The van der Waals surface area contributed by atoms with Crippen molar-refractivity contribution in [2.75, 3.05) is 0 Å². The Balaban J connectivity index is 3.26. The van der Waals surface area contributed by atoms with E-state index in [0.29, 0.717) is 22.6 Å². The van der Waals surface area contributed by atoms with Gasteiger partial charge >= 0.3 is 0 Å². The Morgan fingerprint density at radius 2 is 2.12 bits per heavy atom. The highest BCUT2D eigenvalue weighted by atomic mass is 35.5. The molecule has 1 aromatic rings. The van der Waals surface area contributed by atoms with Gasteiger partial charge in [0.15, 0.2) is 0 Å². The van der Waals surface area contributed by atoms with Gasteiger partial charge in [-0.3, -0.25) is 14.9 Å². The molecular formula is C11H12ClNO3. The Morgan fingerprint density at radius 1 is 1.50 bits per heavy atom. The number of nitro groups is 1. The van der Waals surface area contributed by atoms with Crippen LogP contribution in [0.5, 0.6) is 0 Å². The van der Waals surface area contributed by atoms with Gasteiger partial charge in [-0.15, -0.1) is 0 Å². The van der Waals surface area contributed by atoms with E-state index >= 15 is 0 Å². The maximum atomic E-state index is 11.4. The number of rotatable bonds is 4. The number of hydrogen-bond donors (Lipinski definition) is 0. The van der Waals surface area contributed by atoms with Gasteiger partial charge in [-0.2, -0.15) is 0 Å². The quantitative estimate of drug-likeness (QED) is 0.601. The summed E-state index contributed by atoms with van der Waals surface area (Å²) in [6, 6.07) is 2.82. The minimum atomic E-state index is -0.485. The molecule has 86 valence electrons. The summed E-state index contributed by atoms with van der Waals surface area (Å²) >= 11 is 5.88. The summed E-state index contributed by atoms with van der Waals surface area (Å²) in [5.41, 5.74) is 0.991. The Hall–Kier alpha value is -1.42. The molecule has 0 unspecified atom stereocenters. The number of ketones is 1. The highest BCUT2D eigenvalue weighted by molar-refractivity contribution is 6.31. The van der Waals surface area contributed by atoms with Crippen LogP contribution in [0.4, 0.5) is 5.69 Å². The fourth-order valence-electron chi connectivity index (χ4n) is 1.43. The van der Waals surface area contributed by atoms with Crippen LogP contribution in [0.15, 0.2) is 12.1 Å². The van der Waals surface area contributed by atoms with Crippen LogP contribution in [0.25, 0.3) is 0 Å². The molecule has 0 aliphatic heterocycles. The largest absolute Gasteiger partial charge is 0.299 e. The van der Waals surface area contributed by atoms with Crippen LogP contribution in [-0.4, -0.2) is 10.7 Å². The van der Waals surface area contributed by atoms with Gasteiger partial charge in [-0.25, -0.2) is 0 Å². The molecule has 0 fully saturated rings. The summed E-state index contributed by atoms with van der Waals surface area (Å²) in [7, 11) is 0. The molecular weight excluding hydrogens is 230 g/mol. The summed E-state index contributed by atoms with van der Waals surface area (Å²) in [5, 5.41) is 11.3. The van der Waals surface area contributed by atoms with E-state index in [0.717, 1.165) is 0 Å². The maximum absolute atomic E-state index is 11.4. The predicted octanol–water partition coefficient (Wildman–Crippen LogP) is 3.08. The van der Waals surface area contributed by atoms with Crippen molar-refractivity contribution >= 4 is 23.1 Å². The zero-order valence-electron chi connectivity index (χ0n) is 9.12. The molecule has 0 atom stereocenters. The molecule has 4 nitrogen and oxygen atoms in total. The summed E-state index contributed by atoms with van der Waals surface area (Å²) in [5.74, 6) is -0.0338. The third-order valence-corrected chi connectivity index (χ3v) is 2.88. The third-order valence-electron chi connectivity index (χ3n) is 2.47. The zero-order valence-corrected chi connectivity index (χ0v) is 9.87. The van der Waals surface area contributed by atoms with Gasteiger partial charge in [0.05, 0.1) is 4.92 Å². The minimum Gasteiger partial charge on any atom is -0.299 e. The first-order valence-electron chi connectivity index (χ1n) is 4.91. The van der Waals surface area contributed by atoms with Gasteiger partial charge in [-0.05, 0) is 18.6 Å². The summed E-state index contributed by atoms with van der Waals surface area (Å²) < 4.78 is 0. The fraction of sp³-hybridized carbons (Fsp3) is 0.364. The average molecular weight is 242 g/mol. The molecule has 0 radical (unpaired) electrons. The molecule has 0 aliphatic carbocycles. The topological polar surface area (TPSA) is 60.2 Å². The Bertz CT molecular complexity index is 443. The van der Waals surface area contributed by atoms with E-state index in [1.807, 2.05) is 0 Å².